The van der Waals surface area contributed by atoms with Gasteiger partial charge >= 0.3 is 0 Å². The summed E-state index contributed by atoms with van der Waals surface area (Å²) >= 11 is 0. The monoisotopic (exact) mass is 284 g/mol. The first-order valence-electron chi connectivity index (χ1n) is 6.40. The molecule has 1 atom stereocenters. The number of nitrogens with one attached hydrogen (secondary N) is 1. The van der Waals surface area contributed by atoms with Gasteiger partial charge in [-0.2, -0.15) is 0 Å². The van der Waals surface area contributed by atoms with Crippen molar-refractivity contribution in [1.82, 2.24) is 10.2 Å². The quantitative estimate of drug-likeness (QED) is 0.778. The molecule has 0 aliphatic carbocycles. The van der Waals surface area contributed by atoms with Crippen molar-refractivity contribution < 1.29 is 13.6 Å². The minimum atomic E-state index is -2.43. The summed E-state index contributed by atoms with van der Waals surface area (Å²) < 4.78 is 24.6. The van der Waals surface area contributed by atoms with E-state index in [9.17, 15) is 13.6 Å². The van der Waals surface area contributed by atoms with Crippen LogP contribution in [0.4, 0.5) is 8.78 Å². The number of carbonyl (C=O) groups excluding carboxylic acids is 1. The van der Waals surface area contributed by atoms with Crippen molar-refractivity contribution in [2.24, 2.45) is 5.92 Å². The SMILES string of the molecule is CCCN(CC(F)F)C(=O)CCC1CCNC1.Cl. The predicted molar refractivity (Wildman–Crippen MR) is 70.3 cm³/mol. The van der Waals surface area contributed by atoms with Crippen LogP contribution < -0.4 is 5.32 Å². The van der Waals surface area contributed by atoms with Crippen molar-refractivity contribution >= 4 is 18.3 Å². The van der Waals surface area contributed by atoms with Gasteiger partial charge in [-0.15, -0.1) is 12.4 Å². The van der Waals surface area contributed by atoms with Crippen molar-refractivity contribution in [2.75, 3.05) is 26.2 Å². The number of hydrogen-bond acceptors (Lipinski definition) is 2. The van der Waals surface area contributed by atoms with Crippen LogP contribution in [-0.4, -0.2) is 43.4 Å². The van der Waals surface area contributed by atoms with Crippen LogP contribution >= 0.6 is 12.4 Å². The molecule has 0 radical (unpaired) electrons. The van der Waals surface area contributed by atoms with Gasteiger partial charge in [0, 0.05) is 13.0 Å². The Hall–Kier alpha value is -0.420. The maximum atomic E-state index is 12.3. The second-order valence-corrected chi connectivity index (χ2v) is 4.63. The highest BCUT2D eigenvalue weighted by molar-refractivity contribution is 5.85. The Morgan fingerprint density at radius 2 is 2.22 bits per heavy atom. The molecule has 1 amide bonds. The van der Waals surface area contributed by atoms with E-state index in [1.54, 1.807) is 0 Å². The summed E-state index contributed by atoms with van der Waals surface area (Å²) in [6, 6.07) is 0. The standard InChI is InChI=1S/C12H22F2N2O.ClH/c1-2-7-16(9-11(13)14)12(17)4-3-10-5-6-15-8-10;/h10-11,15H,2-9H2,1H3;1H. The second-order valence-electron chi connectivity index (χ2n) is 4.63. The lowest BCUT2D eigenvalue weighted by atomic mass is 10.0. The zero-order valence-corrected chi connectivity index (χ0v) is 11.6. The van der Waals surface area contributed by atoms with Gasteiger partial charge in [-0.25, -0.2) is 8.78 Å². The van der Waals surface area contributed by atoms with Crippen LogP contribution in [0.25, 0.3) is 0 Å². The van der Waals surface area contributed by atoms with Crippen LogP contribution in [-0.2, 0) is 4.79 Å². The molecular formula is C12H23ClF2N2O. The molecule has 1 fully saturated rings. The van der Waals surface area contributed by atoms with Crippen LogP contribution in [0, 0.1) is 5.92 Å². The molecule has 1 saturated heterocycles. The Morgan fingerprint density at radius 3 is 2.72 bits per heavy atom. The van der Waals surface area contributed by atoms with Crippen molar-refractivity contribution in [3.05, 3.63) is 0 Å². The topological polar surface area (TPSA) is 32.3 Å². The molecule has 18 heavy (non-hydrogen) atoms. The summed E-state index contributed by atoms with van der Waals surface area (Å²) in [7, 11) is 0. The van der Waals surface area contributed by atoms with Crippen molar-refractivity contribution in [2.45, 2.75) is 39.0 Å². The summed E-state index contributed by atoms with van der Waals surface area (Å²) in [4.78, 5) is 13.1. The van der Waals surface area contributed by atoms with Crippen molar-refractivity contribution in [3.8, 4) is 0 Å². The van der Waals surface area contributed by atoms with Crippen molar-refractivity contribution in [3.63, 3.8) is 0 Å². The molecule has 3 nitrogen and oxygen atoms in total. The molecule has 0 aromatic carbocycles. The van der Waals surface area contributed by atoms with Crippen LogP contribution in [0.1, 0.15) is 32.6 Å². The fourth-order valence-corrected chi connectivity index (χ4v) is 2.20. The molecule has 0 spiro atoms. The molecular weight excluding hydrogens is 262 g/mol. The van der Waals surface area contributed by atoms with Gasteiger partial charge in [0.2, 0.25) is 5.91 Å². The third kappa shape index (κ3) is 6.50. The Balaban J connectivity index is 0.00000289. The van der Waals surface area contributed by atoms with E-state index >= 15 is 0 Å². The molecule has 1 rings (SSSR count). The minimum Gasteiger partial charge on any atom is -0.337 e. The largest absolute Gasteiger partial charge is 0.337 e. The number of rotatable bonds is 7. The summed E-state index contributed by atoms with van der Waals surface area (Å²) in [5, 5.41) is 3.24. The van der Waals surface area contributed by atoms with Gasteiger partial charge in [-0.1, -0.05) is 6.92 Å². The maximum Gasteiger partial charge on any atom is 0.255 e. The van der Waals surface area contributed by atoms with Gasteiger partial charge < -0.3 is 10.2 Å². The van der Waals surface area contributed by atoms with E-state index in [2.05, 4.69) is 5.32 Å². The normalized spacial score (nSPS) is 18.8. The first kappa shape index (κ1) is 17.6. The highest BCUT2D eigenvalue weighted by atomic mass is 35.5. The lowest BCUT2D eigenvalue weighted by Crippen LogP contribution is -2.35. The van der Waals surface area contributed by atoms with E-state index in [1.165, 1.54) is 4.90 Å². The van der Waals surface area contributed by atoms with Gasteiger partial charge in [0.05, 0.1) is 6.54 Å². The first-order valence-corrected chi connectivity index (χ1v) is 6.40. The Morgan fingerprint density at radius 1 is 1.50 bits per heavy atom. The Kier molecular flexibility index (Phi) is 9.28. The molecule has 1 aliphatic heterocycles. The van der Waals surface area contributed by atoms with Crippen LogP contribution in [0.2, 0.25) is 0 Å². The lowest BCUT2D eigenvalue weighted by Gasteiger charge is -2.22. The van der Waals surface area contributed by atoms with Gasteiger partial charge in [-0.05, 0) is 38.3 Å². The second kappa shape index (κ2) is 9.50. The smallest absolute Gasteiger partial charge is 0.255 e. The zero-order valence-electron chi connectivity index (χ0n) is 10.8. The number of amides is 1. The van der Waals surface area contributed by atoms with Gasteiger partial charge in [0.25, 0.3) is 6.43 Å². The summed E-state index contributed by atoms with van der Waals surface area (Å²) in [6.07, 6.45) is 0.604. The van der Waals surface area contributed by atoms with E-state index in [0.29, 0.717) is 18.9 Å². The van der Waals surface area contributed by atoms with E-state index < -0.39 is 13.0 Å². The molecule has 0 aromatic heterocycles. The number of hydrogen-bond donors (Lipinski definition) is 1. The van der Waals surface area contributed by atoms with E-state index in [4.69, 9.17) is 0 Å². The highest BCUT2D eigenvalue weighted by Gasteiger charge is 2.20. The van der Waals surface area contributed by atoms with Gasteiger partial charge in [0.1, 0.15) is 0 Å². The summed E-state index contributed by atoms with van der Waals surface area (Å²) in [6.45, 7) is 3.87. The molecule has 0 aromatic rings. The number of alkyl halides is 2. The molecule has 1 unspecified atom stereocenters. The molecule has 6 heteroatoms. The third-order valence-electron chi connectivity index (χ3n) is 3.13. The molecule has 1 N–H and O–H groups in total. The number of nitrogens with zero attached hydrogens (tertiary/aromatic N) is 1. The average molecular weight is 285 g/mol. The molecule has 0 bridgehead atoms. The summed E-state index contributed by atoms with van der Waals surface area (Å²) in [5.41, 5.74) is 0. The van der Waals surface area contributed by atoms with Crippen LogP contribution in [0.3, 0.4) is 0 Å². The molecule has 108 valence electrons. The predicted octanol–water partition coefficient (Wildman–Crippen LogP) is 2.30. The zero-order chi connectivity index (χ0) is 12.7. The third-order valence-corrected chi connectivity index (χ3v) is 3.13. The molecule has 1 aliphatic rings. The number of halogens is 3. The number of carbonyl (C=O) groups is 1. The first-order chi connectivity index (χ1) is 8.13. The van der Waals surface area contributed by atoms with E-state index in [1.807, 2.05) is 6.92 Å². The lowest BCUT2D eigenvalue weighted by molar-refractivity contribution is -0.133. The average Bonchev–Trinajstić information content (AvgIpc) is 2.77. The van der Waals surface area contributed by atoms with Crippen molar-refractivity contribution in [1.29, 1.82) is 0 Å². The van der Waals surface area contributed by atoms with E-state index in [-0.39, 0.29) is 18.3 Å². The fourth-order valence-electron chi connectivity index (χ4n) is 2.20. The van der Waals surface area contributed by atoms with Gasteiger partial charge in [0.15, 0.2) is 0 Å². The fraction of sp³-hybridized carbons (Fsp3) is 0.917. The van der Waals surface area contributed by atoms with Gasteiger partial charge in [-0.3, -0.25) is 4.79 Å². The minimum absolute atomic E-state index is 0. The maximum absolute atomic E-state index is 12.3. The summed E-state index contributed by atoms with van der Waals surface area (Å²) in [5.74, 6) is 0.410. The van der Waals surface area contributed by atoms with E-state index in [0.717, 1.165) is 32.4 Å². The molecule has 1 heterocycles. The Labute approximate surface area is 114 Å². The van der Waals surface area contributed by atoms with Crippen LogP contribution in [0.5, 0.6) is 0 Å². The highest BCUT2D eigenvalue weighted by Crippen LogP contribution is 2.15. The van der Waals surface area contributed by atoms with Crippen LogP contribution in [0.15, 0.2) is 0 Å². The molecule has 0 saturated carbocycles. The Bertz CT molecular complexity index is 236.